The molecule has 0 bridgehead atoms. The van der Waals surface area contributed by atoms with Gasteiger partial charge in [-0.2, -0.15) is 0 Å². The summed E-state index contributed by atoms with van der Waals surface area (Å²) >= 11 is 0. The summed E-state index contributed by atoms with van der Waals surface area (Å²) in [4.78, 5) is 24.8. The van der Waals surface area contributed by atoms with Crippen molar-refractivity contribution in [1.82, 2.24) is 30.0 Å². The zero-order chi connectivity index (χ0) is 22.9. The van der Waals surface area contributed by atoms with Gasteiger partial charge in [0, 0.05) is 11.1 Å². The van der Waals surface area contributed by atoms with Crippen LogP contribution in [-0.2, 0) is 9.47 Å². The molecule has 0 unspecified atom stereocenters. The summed E-state index contributed by atoms with van der Waals surface area (Å²) in [7, 11) is 2.38. The Bertz CT molecular complexity index is 1520. The lowest BCUT2D eigenvalue weighted by Gasteiger charge is -2.10. The van der Waals surface area contributed by atoms with Crippen molar-refractivity contribution in [3.8, 4) is 22.4 Å². The molecule has 2 aromatic carbocycles. The number of nitrogens with zero attached hydrogens (tertiary/aromatic N) is 6. The van der Waals surface area contributed by atoms with Crippen molar-refractivity contribution in [3.63, 3.8) is 0 Å². The van der Waals surface area contributed by atoms with Crippen molar-refractivity contribution < 1.29 is 19.1 Å². The van der Waals surface area contributed by atoms with Gasteiger partial charge in [-0.1, -0.05) is 60.7 Å². The molecule has 0 radical (unpaired) electrons. The third-order valence-corrected chi connectivity index (χ3v) is 5.12. The molecule has 0 saturated carbocycles. The smallest absolute Gasteiger partial charge is 0.361 e. The molecule has 0 atom stereocenters. The van der Waals surface area contributed by atoms with Crippen LogP contribution >= 0.6 is 0 Å². The first-order valence-electron chi connectivity index (χ1n) is 9.87. The van der Waals surface area contributed by atoms with E-state index in [1.54, 1.807) is 0 Å². The van der Waals surface area contributed by atoms with Gasteiger partial charge in [0.25, 0.3) is 0 Å². The maximum Gasteiger partial charge on any atom is 0.361 e. The Morgan fingerprint density at radius 3 is 2.03 bits per heavy atom. The van der Waals surface area contributed by atoms with Crippen molar-refractivity contribution in [2.75, 3.05) is 14.2 Å². The van der Waals surface area contributed by atoms with E-state index in [4.69, 9.17) is 9.47 Å². The maximum absolute atomic E-state index is 12.6. The van der Waals surface area contributed by atoms with Gasteiger partial charge < -0.3 is 9.47 Å². The summed E-state index contributed by atoms with van der Waals surface area (Å²) in [5, 5.41) is 21.8. The zero-order valence-electron chi connectivity index (χ0n) is 17.6. The molecule has 10 nitrogen and oxygen atoms in total. The number of methoxy groups -OCH3 is 2. The molecular weight excluding hydrogens is 424 g/mol. The SMILES string of the molecule is COC(=O)c1nnc2c3c(-c4ccccc4)c(-c4ccccc4)nnc3nn2c1C(=O)OC. The van der Waals surface area contributed by atoms with E-state index in [-0.39, 0.29) is 22.7 Å². The standard InChI is InChI=1S/C23H16N6O4/c1-32-22(30)18-19(23(31)33-2)29-21(27-25-18)16-15(13-9-5-3-6-10-13)17(24-26-20(16)28-29)14-11-7-4-8-12-14/h3-12H,1-2H3. The highest BCUT2D eigenvalue weighted by atomic mass is 16.5. The minimum Gasteiger partial charge on any atom is -0.464 e. The van der Waals surface area contributed by atoms with E-state index in [1.165, 1.54) is 18.7 Å². The lowest BCUT2D eigenvalue weighted by Crippen LogP contribution is -2.20. The number of benzene rings is 2. The highest BCUT2D eigenvalue weighted by Crippen LogP contribution is 2.37. The number of rotatable bonds is 4. The highest BCUT2D eigenvalue weighted by molar-refractivity contribution is 6.08. The van der Waals surface area contributed by atoms with Crippen LogP contribution in [0.5, 0.6) is 0 Å². The normalized spacial score (nSPS) is 11.0. The van der Waals surface area contributed by atoms with Crippen LogP contribution < -0.4 is 0 Å². The van der Waals surface area contributed by atoms with Crippen LogP contribution in [0, 0.1) is 0 Å². The molecule has 3 heterocycles. The molecule has 3 aromatic heterocycles. The number of esters is 2. The average molecular weight is 440 g/mol. The molecule has 10 heteroatoms. The molecule has 0 aliphatic rings. The number of fused-ring (bicyclic) bond motifs is 3. The summed E-state index contributed by atoms with van der Waals surface area (Å²) in [5.74, 6) is -1.66. The number of carbonyl (C=O) groups excluding carboxylic acids is 2. The predicted octanol–water partition coefficient (Wildman–Crippen LogP) is 2.97. The Balaban J connectivity index is 1.94. The second-order valence-electron chi connectivity index (χ2n) is 6.97. The van der Waals surface area contributed by atoms with Crippen molar-refractivity contribution in [3.05, 3.63) is 72.1 Å². The summed E-state index contributed by atoms with van der Waals surface area (Å²) in [6.07, 6.45) is 0. The minimum atomic E-state index is -0.844. The molecule has 0 saturated heterocycles. The van der Waals surface area contributed by atoms with Crippen LogP contribution in [0.4, 0.5) is 0 Å². The third kappa shape index (κ3) is 3.24. The average Bonchev–Trinajstić information content (AvgIpc) is 3.26. The Hall–Kier alpha value is -4.73. The molecule has 0 aliphatic carbocycles. The van der Waals surface area contributed by atoms with E-state index in [0.717, 1.165) is 16.7 Å². The summed E-state index contributed by atoms with van der Waals surface area (Å²) < 4.78 is 10.8. The fraction of sp³-hybridized carbons (Fsp3) is 0.0870. The first-order valence-corrected chi connectivity index (χ1v) is 9.87. The lowest BCUT2D eigenvalue weighted by atomic mass is 9.97. The zero-order valence-corrected chi connectivity index (χ0v) is 17.6. The summed E-state index contributed by atoms with van der Waals surface area (Å²) in [6.45, 7) is 0. The molecule has 5 aromatic rings. The molecule has 33 heavy (non-hydrogen) atoms. The van der Waals surface area contributed by atoms with Crippen LogP contribution in [0.3, 0.4) is 0 Å². The van der Waals surface area contributed by atoms with Gasteiger partial charge in [0.1, 0.15) is 5.69 Å². The fourth-order valence-corrected chi connectivity index (χ4v) is 3.65. The van der Waals surface area contributed by atoms with Gasteiger partial charge in [0.05, 0.1) is 19.6 Å². The Morgan fingerprint density at radius 2 is 1.39 bits per heavy atom. The number of carbonyl (C=O) groups is 2. The summed E-state index contributed by atoms with van der Waals surface area (Å²) in [6, 6.07) is 19.2. The van der Waals surface area contributed by atoms with Crippen molar-refractivity contribution in [2.45, 2.75) is 0 Å². The van der Waals surface area contributed by atoms with Gasteiger partial charge in [0.2, 0.25) is 11.3 Å². The number of hydrogen-bond donors (Lipinski definition) is 0. The molecule has 0 fully saturated rings. The van der Waals surface area contributed by atoms with Gasteiger partial charge in [-0.15, -0.1) is 25.5 Å². The predicted molar refractivity (Wildman–Crippen MR) is 117 cm³/mol. The topological polar surface area (TPSA) is 121 Å². The number of ether oxygens (including phenoxy) is 2. The van der Waals surface area contributed by atoms with Crippen LogP contribution in [0.15, 0.2) is 60.7 Å². The molecule has 0 amide bonds. The molecular formula is C23H16N6O4. The quantitative estimate of drug-likeness (QED) is 0.388. The molecule has 162 valence electrons. The van der Waals surface area contributed by atoms with Crippen LogP contribution in [0.2, 0.25) is 0 Å². The van der Waals surface area contributed by atoms with Crippen LogP contribution in [0.1, 0.15) is 21.0 Å². The maximum atomic E-state index is 12.6. The molecule has 0 N–H and O–H groups in total. The van der Waals surface area contributed by atoms with E-state index in [0.29, 0.717) is 11.1 Å². The largest absolute Gasteiger partial charge is 0.464 e. The van der Waals surface area contributed by atoms with E-state index in [2.05, 4.69) is 25.5 Å². The van der Waals surface area contributed by atoms with Crippen LogP contribution in [-0.4, -0.2) is 56.2 Å². The Morgan fingerprint density at radius 1 is 0.758 bits per heavy atom. The molecule has 0 aliphatic heterocycles. The van der Waals surface area contributed by atoms with Crippen molar-refractivity contribution in [1.29, 1.82) is 0 Å². The van der Waals surface area contributed by atoms with Gasteiger partial charge in [-0.05, 0) is 5.56 Å². The van der Waals surface area contributed by atoms with E-state index < -0.39 is 11.9 Å². The van der Waals surface area contributed by atoms with E-state index in [1.807, 2.05) is 60.7 Å². The highest BCUT2D eigenvalue weighted by Gasteiger charge is 2.29. The first-order chi connectivity index (χ1) is 16.1. The second-order valence-corrected chi connectivity index (χ2v) is 6.97. The monoisotopic (exact) mass is 440 g/mol. The second kappa shape index (κ2) is 8.08. The first kappa shape index (κ1) is 20.2. The van der Waals surface area contributed by atoms with Crippen molar-refractivity contribution >= 4 is 28.6 Å². The minimum absolute atomic E-state index is 0.215. The Kier molecular flexibility index (Phi) is 4.94. The lowest BCUT2D eigenvalue weighted by molar-refractivity contribution is 0.0540. The third-order valence-electron chi connectivity index (χ3n) is 5.12. The molecule has 5 rings (SSSR count). The number of aromatic nitrogens is 6. The van der Waals surface area contributed by atoms with Gasteiger partial charge >= 0.3 is 11.9 Å². The Labute approximate surface area is 186 Å². The van der Waals surface area contributed by atoms with E-state index >= 15 is 0 Å². The number of hydrogen-bond acceptors (Lipinski definition) is 9. The van der Waals surface area contributed by atoms with Crippen molar-refractivity contribution in [2.24, 2.45) is 0 Å². The van der Waals surface area contributed by atoms with Gasteiger partial charge in [-0.25, -0.2) is 14.1 Å². The van der Waals surface area contributed by atoms with Gasteiger partial charge in [-0.3, -0.25) is 0 Å². The summed E-state index contributed by atoms with van der Waals surface area (Å²) in [5.41, 5.74) is 2.95. The van der Waals surface area contributed by atoms with Gasteiger partial charge in [0.15, 0.2) is 11.3 Å². The van der Waals surface area contributed by atoms with Crippen LogP contribution in [0.25, 0.3) is 39.1 Å². The van der Waals surface area contributed by atoms with E-state index in [9.17, 15) is 9.59 Å². The molecule has 0 spiro atoms. The fourth-order valence-electron chi connectivity index (χ4n) is 3.65.